The molecular weight excluding hydrogens is 212 g/mol. The molecule has 8 heteroatoms. The van der Waals surface area contributed by atoms with Crippen LogP contribution < -0.4 is 16.8 Å². The molecule has 0 radical (unpaired) electrons. The van der Waals surface area contributed by atoms with Gasteiger partial charge in [-0.05, 0) is 0 Å². The third-order valence-electron chi connectivity index (χ3n) is 2.18. The van der Waals surface area contributed by atoms with Crippen LogP contribution >= 0.6 is 0 Å². The third-order valence-corrected chi connectivity index (χ3v) is 2.18. The second-order valence-corrected chi connectivity index (χ2v) is 3.27. The normalized spacial score (nSPS) is 10.6. The maximum atomic E-state index is 11.9. The van der Waals surface area contributed by atoms with Gasteiger partial charge in [-0.3, -0.25) is 19.6 Å². The Labute approximate surface area is 89.7 Å². The van der Waals surface area contributed by atoms with Crippen LogP contribution in [-0.2, 0) is 18.4 Å². The monoisotopic (exact) mass is 222 g/mol. The molecule has 0 unspecified atom stereocenters. The highest BCUT2D eigenvalue weighted by molar-refractivity contribution is 5.75. The number of aryl methyl sites for hydroxylation is 1. The summed E-state index contributed by atoms with van der Waals surface area (Å²) in [6, 6.07) is 0. The number of rotatable bonds is 2. The molecule has 16 heavy (non-hydrogen) atoms. The van der Waals surface area contributed by atoms with Gasteiger partial charge in [0.25, 0.3) is 11.5 Å². The van der Waals surface area contributed by atoms with Gasteiger partial charge in [0.15, 0.2) is 11.2 Å². The highest BCUT2D eigenvalue weighted by Crippen LogP contribution is 2.01. The van der Waals surface area contributed by atoms with Crippen LogP contribution in [0.5, 0.6) is 0 Å². The predicted molar refractivity (Wildman–Crippen MR) is 55.1 cm³/mol. The number of nitrogens with zero attached hydrogens (tertiary/aromatic N) is 4. The summed E-state index contributed by atoms with van der Waals surface area (Å²) < 4.78 is 2.73. The number of amides is 1. The molecule has 0 saturated carbocycles. The number of carbonyl (C=O) groups is 1. The smallest absolute Gasteiger partial charge is 0.280 e. The summed E-state index contributed by atoms with van der Waals surface area (Å²) in [7, 11) is 1.69. The van der Waals surface area contributed by atoms with Crippen molar-refractivity contribution in [1.29, 1.82) is 0 Å². The van der Waals surface area contributed by atoms with Gasteiger partial charge in [0, 0.05) is 7.05 Å². The molecule has 0 spiro atoms. The Kier molecular flexibility index (Phi) is 2.41. The van der Waals surface area contributed by atoms with Crippen LogP contribution in [0.2, 0.25) is 0 Å². The minimum atomic E-state index is -0.467. The molecule has 0 aliphatic carbocycles. The average molecular weight is 222 g/mol. The summed E-state index contributed by atoms with van der Waals surface area (Å²) in [6.45, 7) is -0.163. The average Bonchev–Trinajstić information content (AvgIpc) is 2.65. The Bertz CT molecular complexity index is 598. The van der Waals surface area contributed by atoms with E-state index in [2.05, 4.69) is 9.97 Å². The van der Waals surface area contributed by atoms with Crippen LogP contribution in [0.15, 0.2) is 17.4 Å². The first-order valence-corrected chi connectivity index (χ1v) is 4.49. The van der Waals surface area contributed by atoms with Crippen molar-refractivity contribution in [3.8, 4) is 0 Å². The summed E-state index contributed by atoms with van der Waals surface area (Å²) in [5.41, 5.74) is 2.34. The number of hydrazine groups is 1. The summed E-state index contributed by atoms with van der Waals surface area (Å²) in [5.74, 6) is 4.47. The lowest BCUT2D eigenvalue weighted by Crippen LogP contribution is -2.36. The van der Waals surface area contributed by atoms with E-state index in [0.717, 1.165) is 0 Å². The van der Waals surface area contributed by atoms with E-state index in [1.165, 1.54) is 17.2 Å². The lowest BCUT2D eigenvalue weighted by Gasteiger charge is -2.03. The number of hydrogen-bond acceptors (Lipinski definition) is 5. The number of carbonyl (C=O) groups excluding carboxylic acids is 1. The largest absolute Gasteiger partial charge is 0.328 e. The topological polar surface area (TPSA) is 108 Å². The first kappa shape index (κ1) is 10.3. The van der Waals surface area contributed by atoms with Crippen LogP contribution in [0.25, 0.3) is 11.2 Å². The Morgan fingerprint density at radius 1 is 1.50 bits per heavy atom. The van der Waals surface area contributed by atoms with Crippen molar-refractivity contribution in [2.24, 2.45) is 12.9 Å². The zero-order chi connectivity index (χ0) is 11.7. The zero-order valence-corrected chi connectivity index (χ0v) is 8.54. The molecule has 8 nitrogen and oxygen atoms in total. The summed E-state index contributed by atoms with van der Waals surface area (Å²) in [5, 5.41) is 0. The van der Waals surface area contributed by atoms with Crippen molar-refractivity contribution >= 4 is 17.1 Å². The molecule has 0 saturated heterocycles. The lowest BCUT2D eigenvalue weighted by atomic mass is 10.5. The fourth-order valence-corrected chi connectivity index (χ4v) is 1.38. The molecule has 2 rings (SSSR count). The van der Waals surface area contributed by atoms with Crippen molar-refractivity contribution in [1.82, 2.24) is 24.5 Å². The van der Waals surface area contributed by atoms with Crippen LogP contribution in [0.1, 0.15) is 0 Å². The second kappa shape index (κ2) is 3.74. The van der Waals surface area contributed by atoms with E-state index in [1.807, 2.05) is 5.43 Å². The molecule has 2 aromatic rings. The number of aromatic nitrogens is 4. The number of nitrogens with two attached hydrogens (primary N) is 1. The molecule has 3 N–H and O–H groups in total. The van der Waals surface area contributed by atoms with Crippen molar-refractivity contribution in [3.63, 3.8) is 0 Å². The van der Waals surface area contributed by atoms with E-state index < -0.39 is 5.91 Å². The number of nitrogens with one attached hydrogen (secondary N) is 1. The zero-order valence-electron chi connectivity index (χ0n) is 8.54. The maximum Gasteiger partial charge on any atom is 0.280 e. The van der Waals surface area contributed by atoms with Gasteiger partial charge in [-0.1, -0.05) is 0 Å². The molecule has 0 bridgehead atoms. The first-order chi connectivity index (χ1) is 7.63. The van der Waals surface area contributed by atoms with Gasteiger partial charge in [0.2, 0.25) is 0 Å². The molecule has 2 heterocycles. The van der Waals surface area contributed by atoms with Crippen molar-refractivity contribution in [3.05, 3.63) is 23.0 Å². The van der Waals surface area contributed by atoms with Gasteiger partial charge in [-0.25, -0.2) is 15.8 Å². The molecule has 2 aromatic heterocycles. The van der Waals surface area contributed by atoms with Crippen LogP contribution in [0.4, 0.5) is 0 Å². The fourth-order valence-electron chi connectivity index (χ4n) is 1.38. The number of imidazole rings is 1. The van der Waals surface area contributed by atoms with Gasteiger partial charge in [0.05, 0.1) is 6.33 Å². The van der Waals surface area contributed by atoms with E-state index in [0.29, 0.717) is 11.2 Å². The molecule has 84 valence electrons. The van der Waals surface area contributed by atoms with Crippen molar-refractivity contribution in [2.45, 2.75) is 6.54 Å². The fraction of sp³-hybridized carbons (Fsp3) is 0.250. The minimum absolute atomic E-state index is 0.163. The van der Waals surface area contributed by atoms with E-state index >= 15 is 0 Å². The SMILES string of the molecule is Cn1cnc2ncn(CC(=O)NN)c(=O)c21. The Morgan fingerprint density at radius 3 is 2.88 bits per heavy atom. The van der Waals surface area contributed by atoms with Gasteiger partial charge >= 0.3 is 0 Å². The Balaban J connectivity index is 2.56. The highest BCUT2D eigenvalue weighted by Gasteiger charge is 2.10. The van der Waals surface area contributed by atoms with Crippen LogP contribution in [0, 0.1) is 0 Å². The molecule has 0 aliphatic rings. The summed E-state index contributed by atoms with van der Waals surface area (Å²) >= 11 is 0. The lowest BCUT2D eigenvalue weighted by molar-refractivity contribution is -0.121. The molecule has 0 fully saturated rings. The highest BCUT2D eigenvalue weighted by atomic mass is 16.2. The molecule has 0 aromatic carbocycles. The molecule has 0 atom stereocenters. The van der Waals surface area contributed by atoms with Crippen LogP contribution in [-0.4, -0.2) is 25.0 Å². The van der Waals surface area contributed by atoms with Crippen molar-refractivity contribution < 1.29 is 4.79 Å². The van der Waals surface area contributed by atoms with Gasteiger partial charge in [-0.2, -0.15) is 0 Å². The van der Waals surface area contributed by atoms with Gasteiger partial charge in [0.1, 0.15) is 12.9 Å². The number of fused-ring (bicyclic) bond motifs is 1. The third kappa shape index (κ3) is 1.54. The van der Waals surface area contributed by atoms with Gasteiger partial charge in [-0.15, -0.1) is 0 Å². The van der Waals surface area contributed by atoms with E-state index in [1.54, 1.807) is 11.6 Å². The van der Waals surface area contributed by atoms with E-state index in [9.17, 15) is 9.59 Å². The van der Waals surface area contributed by atoms with Crippen LogP contribution in [0.3, 0.4) is 0 Å². The number of hydrogen-bond donors (Lipinski definition) is 2. The molecule has 0 aliphatic heterocycles. The standard InChI is InChI=1S/C8H10N6O2/c1-13-3-10-7-6(13)8(16)14(4-11-7)2-5(15)12-9/h3-4H,2,9H2,1H3,(H,12,15). The van der Waals surface area contributed by atoms with Crippen molar-refractivity contribution in [2.75, 3.05) is 0 Å². The Morgan fingerprint density at radius 2 is 2.19 bits per heavy atom. The van der Waals surface area contributed by atoms with Gasteiger partial charge < -0.3 is 4.57 Å². The second-order valence-electron chi connectivity index (χ2n) is 3.27. The quantitative estimate of drug-likeness (QED) is 0.351. The van der Waals surface area contributed by atoms with E-state index in [4.69, 9.17) is 5.84 Å². The summed E-state index contributed by atoms with van der Waals surface area (Å²) in [6.07, 6.45) is 2.76. The first-order valence-electron chi connectivity index (χ1n) is 4.49. The summed E-state index contributed by atoms with van der Waals surface area (Å²) in [4.78, 5) is 30.8. The molecule has 1 amide bonds. The van der Waals surface area contributed by atoms with E-state index in [-0.39, 0.29) is 12.1 Å². The molecular formula is C8H10N6O2. The Hall–Kier alpha value is -2.22. The minimum Gasteiger partial charge on any atom is -0.328 e. The maximum absolute atomic E-state index is 11.9. The predicted octanol–water partition coefficient (Wildman–Crippen LogP) is -1.88.